The third-order valence-corrected chi connectivity index (χ3v) is 2.84. The van der Waals surface area contributed by atoms with Gasteiger partial charge in [0.25, 0.3) is 0 Å². The molecule has 0 aliphatic carbocycles. The van der Waals surface area contributed by atoms with Crippen molar-refractivity contribution in [2.24, 2.45) is 0 Å². The van der Waals surface area contributed by atoms with E-state index in [2.05, 4.69) is 11.3 Å². The smallest absolute Gasteiger partial charge is 0.410 e. The van der Waals surface area contributed by atoms with Crippen LogP contribution < -0.4 is 0 Å². The van der Waals surface area contributed by atoms with Crippen LogP contribution in [0.15, 0.2) is 12.7 Å². The molecule has 0 N–H and O–H groups in total. The average Bonchev–Trinajstić information content (AvgIpc) is 2.93. The van der Waals surface area contributed by atoms with Crippen molar-refractivity contribution in [1.82, 2.24) is 4.90 Å². The second kappa shape index (κ2) is 8.53. The fraction of sp³-hybridized carbons (Fsp3) is 0.692. The van der Waals surface area contributed by atoms with Crippen molar-refractivity contribution in [3.8, 4) is 0 Å². The van der Waals surface area contributed by atoms with Crippen LogP contribution in [0.2, 0.25) is 0 Å². The first kappa shape index (κ1) is 15.5. The number of esters is 1. The molecule has 19 heavy (non-hydrogen) atoms. The maximum atomic E-state index is 11.8. The second-order valence-corrected chi connectivity index (χ2v) is 4.27. The molecule has 0 aromatic carbocycles. The van der Waals surface area contributed by atoms with E-state index in [-0.39, 0.29) is 31.6 Å². The molecule has 1 amide bonds. The van der Waals surface area contributed by atoms with E-state index in [9.17, 15) is 9.59 Å². The largest absolute Gasteiger partial charge is 0.469 e. The highest BCUT2D eigenvalue weighted by molar-refractivity contribution is 5.71. The van der Waals surface area contributed by atoms with Gasteiger partial charge >= 0.3 is 12.1 Å². The monoisotopic (exact) mass is 271 g/mol. The van der Waals surface area contributed by atoms with E-state index in [1.807, 2.05) is 0 Å². The summed E-state index contributed by atoms with van der Waals surface area (Å²) in [7, 11) is 1.32. The number of amides is 1. The molecule has 1 aliphatic heterocycles. The Bertz CT molecular complexity index is 312. The standard InChI is InChI=1S/C13H21NO5/c1-3-8-19-13(16)14(7-6-12(15)17-2)10-11-5-4-9-18-11/h3,11H,1,4-10H2,2H3. The van der Waals surface area contributed by atoms with Gasteiger partial charge in [0.1, 0.15) is 6.61 Å². The van der Waals surface area contributed by atoms with Crippen LogP contribution in [0.1, 0.15) is 19.3 Å². The molecule has 6 heteroatoms. The molecule has 0 aromatic rings. The maximum Gasteiger partial charge on any atom is 0.410 e. The molecule has 0 bridgehead atoms. The lowest BCUT2D eigenvalue weighted by Crippen LogP contribution is -2.39. The molecule has 1 saturated heterocycles. The Labute approximate surface area is 113 Å². The van der Waals surface area contributed by atoms with Crippen LogP contribution in [0.25, 0.3) is 0 Å². The number of ether oxygens (including phenoxy) is 3. The van der Waals surface area contributed by atoms with Gasteiger partial charge in [0, 0.05) is 13.2 Å². The Morgan fingerprint density at radius 3 is 2.89 bits per heavy atom. The summed E-state index contributed by atoms with van der Waals surface area (Å²) >= 11 is 0. The minimum Gasteiger partial charge on any atom is -0.469 e. The van der Waals surface area contributed by atoms with Crippen molar-refractivity contribution in [3.05, 3.63) is 12.7 Å². The van der Waals surface area contributed by atoms with Gasteiger partial charge in [-0.2, -0.15) is 0 Å². The van der Waals surface area contributed by atoms with Crippen LogP contribution in [0.4, 0.5) is 4.79 Å². The number of hydrogen-bond donors (Lipinski definition) is 0. The first-order chi connectivity index (χ1) is 9.17. The van der Waals surface area contributed by atoms with E-state index in [1.54, 1.807) is 0 Å². The topological polar surface area (TPSA) is 65.1 Å². The fourth-order valence-corrected chi connectivity index (χ4v) is 1.84. The van der Waals surface area contributed by atoms with Gasteiger partial charge in [-0.1, -0.05) is 12.7 Å². The highest BCUT2D eigenvalue weighted by atomic mass is 16.6. The maximum absolute atomic E-state index is 11.8. The third-order valence-electron chi connectivity index (χ3n) is 2.84. The Kier molecular flexibility index (Phi) is 6.95. The zero-order valence-electron chi connectivity index (χ0n) is 11.3. The average molecular weight is 271 g/mol. The zero-order chi connectivity index (χ0) is 14.1. The Morgan fingerprint density at radius 1 is 1.53 bits per heavy atom. The first-order valence-corrected chi connectivity index (χ1v) is 6.38. The summed E-state index contributed by atoms with van der Waals surface area (Å²) in [5.41, 5.74) is 0. The van der Waals surface area contributed by atoms with Gasteiger partial charge in [-0.25, -0.2) is 4.79 Å². The van der Waals surface area contributed by atoms with Gasteiger partial charge in [0.2, 0.25) is 0 Å². The summed E-state index contributed by atoms with van der Waals surface area (Å²) in [5.74, 6) is -0.353. The summed E-state index contributed by atoms with van der Waals surface area (Å²) < 4.78 is 15.0. The summed E-state index contributed by atoms with van der Waals surface area (Å²) in [5, 5.41) is 0. The van der Waals surface area contributed by atoms with Gasteiger partial charge in [0.05, 0.1) is 26.2 Å². The van der Waals surface area contributed by atoms with E-state index in [0.717, 1.165) is 19.4 Å². The molecule has 0 radical (unpaired) electrons. The van der Waals surface area contributed by atoms with Gasteiger partial charge in [-0.05, 0) is 12.8 Å². The number of carbonyl (C=O) groups is 2. The Balaban J connectivity index is 2.47. The van der Waals surface area contributed by atoms with Crippen molar-refractivity contribution >= 4 is 12.1 Å². The number of methoxy groups -OCH3 is 1. The molecule has 0 saturated carbocycles. The second-order valence-electron chi connectivity index (χ2n) is 4.27. The molecular formula is C13H21NO5. The lowest BCUT2D eigenvalue weighted by atomic mass is 10.2. The van der Waals surface area contributed by atoms with Crippen LogP contribution >= 0.6 is 0 Å². The fourth-order valence-electron chi connectivity index (χ4n) is 1.84. The quantitative estimate of drug-likeness (QED) is 0.516. The van der Waals surface area contributed by atoms with E-state index < -0.39 is 6.09 Å². The summed E-state index contributed by atoms with van der Waals surface area (Å²) in [6.45, 7) is 5.06. The number of rotatable bonds is 7. The van der Waals surface area contributed by atoms with Crippen molar-refractivity contribution < 1.29 is 23.8 Å². The van der Waals surface area contributed by atoms with Crippen LogP contribution in [0, 0.1) is 0 Å². The summed E-state index contributed by atoms with van der Waals surface area (Å²) in [6, 6.07) is 0. The zero-order valence-corrected chi connectivity index (χ0v) is 11.3. The van der Waals surface area contributed by atoms with E-state index in [1.165, 1.54) is 18.1 Å². The minimum absolute atomic E-state index is 0.0222. The van der Waals surface area contributed by atoms with Gasteiger partial charge in [-0.15, -0.1) is 0 Å². The lowest BCUT2D eigenvalue weighted by Gasteiger charge is -2.24. The summed E-state index contributed by atoms with van der Waals surface area (Å²) in [6.07, 6.45) is 3.13. The van der Waals surface area contributed by atoms with Crippen molar-refractivity contribution in [3.63, 3.8) is 0 Å². The molecular weight excluding hydrogens is 250 g/mol. The molecule has 1 aliphatic rings. The normalized spacial score (nSPS) is 17.8. The van der Waals surface area contributed by atoms with Crippen molar-refractivity contribution in [1.29, 1.82) is 0 Å². The van der Waals surface area contributed by atoms with Crippen molar-refractivity contribution in [2.75, 3.05) is 33.4 Å². The number of carbonyl (C=O) groups excluding carboxylic acids is 2. The molecule has 108 valence electrons. The molecule has 1 rings (SSSR count). The van der Waals surface area contributed by atoms with Gasteiger partial charge in [-0.3, -0.25) is 4.79 Å². The molecule has 1 fully saturated rings. The minimum atomic E-state index is -0.459. The Hall–Kier alpha value is -1.56. The predicted molar refractivity (Wildman–Crippen MR) is 68.7 cm³/mol. The molecule has 1 unspecified atom stereocenters. The van der Waals surface area contributed by atoms with Crippen LogP contribution in [-0.2, 0) is 19.0 Å². The highest BCUT2D eigenvalue weighted by Crippen LogP contribution is 2.14. The van der Waals surface area contributed by atoms with Gasteiger partial charge < -0.3 is 19.1 Å². The number of hydrogen-bond acceptors (Lipinski definition) is 5. The highest BCUT2D eigenvalue weighted by Gasteiger charge is 2.23. The molecule has 0 aromatic heterocycles. The van der Waals surface area contributed by atoms with Crippen molar-refractivity contribution in [2.45, 2.75) is 25.4 Å². The van der Waals surface area contributed by atoms with E-state index in [0.29, 0.717) is 6.54 Å². The van der Waals surface area contributed by atoms with E-state index in [4.69, 9.17) is 9.47 Å². The van der Waals surface area contributed by atoms with E-state index >= 15 is 0 Å². The van der Waals surface area contributed by atoms with Crippen LogP contribution in [-0.4, -0.2) is 56.5 Å². The SMILES string of the molecule is C=CCOC(=O)N(CCC(=O)OC)CC1CCCO1. The Morgan fingerprint density at radius 2 is 2.32 bits per heavy atom. The summed E-state index contributed by atoms with van der Waals surface area (Å²) in [4.78, 5) is 24.5. The van der Waals surface area contributed by atoms with Crippen LogP contribution in [0.5, 0.6) is 0 Å². The molecule has 1 heterocycles. The van der Waals surface area contributed by atoms with Crippen LogP contribution in [0.3, 0.4) is 0 Å². The number of nitrogens with zero attached hydrogens (tertiary/aromatic N) is 1. The van der Waals surface area contributed by atoms with Gasteiger partial charge in [0.15, 0.2) is 0 Å². The molecule has 0 spiro atoms. The predicted octanol–water partition coefficient (Wildman–Crippen LogP) is 1.35. The third kappa shape index (κ3) is 5.74. The lowest BCUT2D eigenvalue weighted by molar-refractivity contribution is -0.140. The molecule has 6 nitrogen and oxygen atoms in total. The first-order valence-electron chi connectivity index (χ1n) is 6.38. The molecule has 1 atom stereocenters.